The Labute approximate surface area is 167 Å². The lowest BCUT2D eigenvalue weighted by atomic mass is 9.92. The molecule has 148 valence electrons. The maximum atomic E-state index is 12.7. The van der Waals surface area contributed by atoms with Crippen LogP contribution in [0.15, 0.2) is 42.5 Å². The van der Waals surface area contributed by atoms with E-state index < -0.39 is 0 Å². The Balaban J connectivity index is 1.73. The predicted molar refractivity (Wildman–Crippen MR) is 115 cm³/mol. The third-order valence-corrected chi connectivity index (χ3v) is 5.32. The zero-order valence-electron chi connectivity index (χ0n) is 17.3. The molecule has 4 nitrogen and oxygen atoms in total. The van der Waals surface area contributed by atoms with Gasteiger partial charge in [0.25, 0.3) is 0 Å². The number of para-hydroxylation sites is 1. The molecule has 1 aliphatic heterocycles. The van der Waals surface area contributed by atoms with Gasteiger partial charge in [-0.15, -0.1) is 0 Å². The van der Waals surface area contributed by atoms with Crippen LogP contribution in [-0.2, 0) is 16.0 Å². The van der Waals surface area contributed by atoms with Crippen LogP contribution in [0.4, 0.5) is 11.4 Å². The molecule has 1 heterocycles. The average Bonchev–Trinajstić information content (AvgIpc) is 3.08. The second kappa shape index (κ2) is 8.59. The van der Waals surface area contributed by atoms with E-state index in [0.29, 0.717) is 24.7 Å². The summed E-state index contributed by atoms with van der Waals surface area (Å²) in [6.45, 7) is 9.37. The summed E-state index contributed by atoms with van der Waals surface area (Å²) >= 11 is 0. The number of carbonyl (C=O) groups is 2. The lowest BCUT2D eigenvalue weighted by molar-refractivity contribution is -0.117. The highest BCUT2D eigenvalue weighted by Crippen LogP contribution is 2.32. The fourth-order valence-electron chi connectivity index (χ4n) is 3.78. The van der Waals surface area contributed by atoms with Gasteiger partial charge in [0, 0.05) is 24.3 Å². The van der Waals surface area contributed by atoms with Crippen LogP contribution in [0.25, 0.3) is 0 Å². The second-order valence-corrected chi connectivity index (χ2v) is 8.16. The fourth-order valence-corrected chi connectivity index (χ4v) is 3.78. The molecule has 0 atom stereocenters. The monoisotopic (exact) mass is 378 g/mol. The standard InChI is InChI=1S/C24H30N2O2/c1-16(2)20-7-5-8-21(17(3)4)24(20)25-22(27)15-18-10-12-19(13-11-18)26-14-6-9-23(26)28/h5,7-8,10-13,16-17H,6,9,14-15H2,1-4H3,(H,25,27). The van der Waals surface area contributed by atoms with Gasteiger partial charge in [-0.3, -0.25) is 9.59 Å². The lowest BCUT2D eigenvalue weighted by Gasteiger charge is -2.20. The van der Waals surface area contributed by atoms with E-state index in [4.69, 9.17) is 0 Å². The van der Waals surface area contributed by atoms with Gasteiger partial charge < -0.3 is 10.2 Å². The normalized spacial score (nSPS) is 14.2. The topological polar surface area (TPSA) is 49.4 Å². The first kappa shape index (κ1) is 20.1. The van der Waals surface area contributed by atoms with Crippen LogP contribution in [0.1, 0.15) is 69.1 Å². The number of rotatable bonds is 6. The number of amides is 2. The Kier molecular flexibility index (Phi) is 6.18. The molecule has 28 heavy (non-hydrogen) atoms. The van der Waals surface area contributed by atoms with Crippen molar-refractivity contribution >= 4 is 23.2 Å². The summed E-state index contributed by atoms with van der Waals surface area (Å²) in [5.41, 5.74) is 5.15. The van der Waals surface area contributed by atoms with E-state index in [-0.39, 0.29) is 11.8 Å². The van der Waals surface area contributed by atoms with Crippen molar-refractivity contribution in [3.05, 3.63) is 59.2 Å². The molecule has 2 aromatic carbocycles. The molecule has 4 heteroatoms. The number of nitrogens with one attached hydrogen (secondary N) is 1. The minimum atomic E-state index is -0.0139. The average molecular weight is 379 g/mol. The molecule has 0 bridgehead atoms. The van der Waals surface area contributed by atoms with Gasteiger partial charge in [0.15, 0.2) is 0 Å². The number of nitrogens with zero attached hydrogens (tertiary/aromatic N) is 1. The number of carbonyl (C=O) groups excluding carboxylic acids is 2. The smallest absolute Gasteiger partial charge is 0.228 e. The fraction of sp³-hybridized carbons (Fsp3) is 0.417. The zero-order chi connectivity index (χ0) is 20.3. The van der Waals surface area contributed by atoms with Crippen molar-refractivity contribution in [3.8, 4) is 0 Å². The van der Waals surface area contributed by atoms with E-state index in [1.54, 1.807) is 0 Å². The largest absolute Gasteiger partial charge is 0.325 e. The molecule has 1 aliphatic rings. The van der Waals surface area contributed by atoms with E-state index in [0.717, 1.165) is 29.9 Å². The van der Waals surface area contributed by atoms with Gasteiger partial charge >= 0.3 is 0 Å². The Hall–Kier alpha value is -2.62. The van der Waals surface area contributed by atoms with Crippen molar-refractivity contribution in [2.75, 3.05) is 16.8 Å². The maximum Gasteiger partial charge on any atom is 0.228 e. The summed E-state index contributed by atoms with van der Waals surface area (Å²) in [6.07, 6.45) is 1.85. The molecule has 1 saturated heterocycles. The van der Waals surface area contributed by atoms with E-state index in [1.165, 1.54) is 11.1 Å². The number of benzene rings is 2. The highest BCUT2D eigenvalue weighted by Gasteiger charge is 2.21. The summed E-state index contributed by atoms with van der Waals surface area (Å²) < 4.78 is 0. The molecule has 1 N–H and O–H groups in total. The van der Waals surface area contributed by atoms with E-state index >= 15 is 0 Å². The van der Waals surface area contributed by atoms with Gasteiger partial charge in [-0.2, -0.15) is 0 Å². The zero-order valence-corrected chi connectivity index (χ0v) is 17.3. The van der Waals surface area contributed by atoms with Crippen LogP contribution in [0, 0.1) is 0 Å². The van der Waals surface area contributed by atoms with Gasteiger partial charge in [0.05, 0.1) is 6.42 Å². The van der Waals surface area contributed by atoms with E-state index in [1.807, 2.05) is 29.2 Å². The van der Waals surface area contributed by atoms with Crippen LogP contribution in [0.2, 0.25) is 0 Å². The van der Waals surface area contributed by atoms with Crippen LogP contribution in [0.5, 0.6) is 0 Å². The van der Waals surface area contributed by atoms with Gasteiger partial charge in [-0.1, -0.05) is 58.0 Å². The molecule has 0 aromatic heterocycles. The summed E-state index contributed by atoms with van der Waals surface area (Å²) in [4.78, 5) is 26.4. The molecule has 2 aromatic rings. The van der Waals surface area contributed by atoms with Gasteiger partial charge in [0.2, 0.25) is 11.8 Å². The molecule has 0 saturated carbocycles. The molecular weight excluding hydrogens is 348 g/mol. The van der Waals surface area contributed by atoms with Crippen LogP contribution in [0.3, 0.4) is 0 Å². The summed E-state index contributed by atoms with van der Waals surface area (Å²) in [5.74, 6) is 0.842. The SMILES string of the molecule is CC(C)c1cccc(C(C)C)c1NC(=O)Cc1ccc(N2CCCC2=O)cc1. The predicted octanol–water partition coefficient (Wildman–Crippen LogP) is 5.24. The molecule has 1 fully saturated rings. The quantitative estimate of drug-likeness (QED) is 0.747. The number of hydrogen-bond donors (Lipinski definition) is 1. The van der Waals surface area contributed by atoms with Crippen molar-refractivity contribution in [2.24, 2.45) is 0 Å². The summed E-state index contributed by atoms with van der Waals surface area (Å²) in [7, 11) is 0. The minimum Gasteiger partial charge on any atom is -0.325 e. The summed E-state index contributed by atoms with van der Waals surface area (Å²) in [6, 6.07) is 14.0. The molecular formula is C24H30N2O2. The van der Waals surface area contributed by atoms with Crippen molar-refractivity contribution in [1.29, 1.82) is 0 Å². The van der Waals surface area contributed by atoms with Gasteiger partial charge in [0.1, 0.15) is 0 Å². The first-order valence-electron chi connectivity index (χ1n) is 10.2. The van der Waals surface area contributed by atoms with Crippen LogP contribution >= 0.6 is 0 Å². The van der Waals surface area contributed by atoms with Crippen molar-refractivity contribution in [3.63, 3.8) is 0 Å². The molecule has 3 rings (SSSR count). The Bertz CT molecular complexity index is 827. The summed E-state index contributed by atoms with van der Waals surface area (Å²) in [5, 5.41) is 3.16. The molecule has 0 aliphatic carbocycles. The third kappa shape index (κ3) is 4.44. The van der Waals surface area contributed by atoms with Crippen molar-refractivity contribution < 1.29 is 9.59 Å². The minimum absolute atomic E-state index is 0.0139. The molecule has 0 radical (unpaired) electrons. The van der Waals surface area contributed by atoms with Crippen LogP contribution < -0.4 is 10.2 Å². The second-order valence-electron chi connectivity index (χ2n) is 8.16. The van der Waals surface area contributed by atoms with Crippen LogP contribution in [-0.4, -0.2) is 18.4 Å². The van der Waals surface area contributed by atoms with Crippen molar-refractivity contribution in [2.45, 2.75) is 58.8 Å². The highest BCUT2D eigenvalue weighted by molar-refractivity contribution is 5.96. The van der Waals surface area contributed by atoms with Gasteiger partial charge in [-0.05, 0) is 47.1 Å². The number of hydrogen-bond acceptors (Lipinski definition) is 2. The Morgan fingerprint density at radius 1 is 1.00 bits per heavy atom. The van der Waals surface area contributed by atoms with E-state index in [2.05, 4.69) is 51.2 Å². The Morgan fingerprint density at radius 3 is 2.11 bits per heavy atom. The first-order chi connectivity index (χ1) is 13.4. The third-order valence-electron chi connectivity index (χ3n) is 5.32. The van der Waals surface area contributed by atoms with E-state index in [9.17, 15) is 9.59 Å². The maximum absolute atomic E-state index is 12.7. The van der Waals surface area contributed by atoms with Crippen molar-refractivity contribution in [1.82, 2.24) is 0 Å². The Morgan fingerprint density at radius 2 is 1.61 bits per heavy atom. The number of anilines is 2. The highest BCUT2D eigenvalue weighted by atomic mass is 16.2. The molecule has 0 spiro atoms. The van der Waals surface area contributed by atoms with Gasteiger partial charge in [-0.25, -0.2) is 0 Å². The molecule has 0 unspecified atom stereocenters. The molecule has 2 amide bonds. The first-order valence-corrected chi connectivity index (χ1v) is 10.2. The lowest BCUT2D eigenvalue weighted by Crippen LogP contribution is -2.23.